The van der Waals surface area contributed by atoms with E-state index >= 15 is 0 Å². The maximum Gasteiger partial charge on any atom is 0.323 e. The van der Waals surface area contributed by atoms with Crippen LogP contribution >= 0.6 is 0 Å². The Hall–Kier alpha value is -4.07. The highest BCUT2D eigenvalue weighted by Gasteiger charge is 2.13. The third kappa shape index (κ3) is 4.62. The molecule has 2 aromatic heterocycles. The lowest BCUT2D eigenvalue weighted by Crippen LogP contribution is -2.20. The van der Waals surface area contributed by atoms with E-state index in [1.54, 1.807) is 30.6 Å². The number of hydrogen-bond acceptors (Lipinski definition) is 5. The number of urea groups is 1. The summed E-state index contributed by atoms with van der Waals surface area (Å²) in [5.41, 5.74) is 2.71. The van der Waals surface area contributed by atoms with Crippen molar-refractivity contribution in [2.24, 2.45) is 0 Å². The van der Waals surface area contributed by atoms with Gasteiger partial charge in [0.25, 0.3) is 0 Å². The summed E-state index contributed by atoms with van der Waals surface area (Å²) in [5, 5.41) is 9.44. The van der Waals surface area contributed by atoms with Gasteiger partial charge in [0.05, 0.1) is 6.42 Å². The van der Waals surface area contributed by atoms with E-state index in [2.05, 4.69) is 25.8 Å². The molecule has 0 unspecified atom stereocenters. The molecule has 0 aliphatic heterocycles. The van der Waals surface area contributed by atoms with E-state index in [-0.39, 0.29) is 5.82 Å². The standard InChI is InChI=1S/C21H16FN5O2/c22-16-5-7-17(8-6-16)24-21(28)25-18-4-2-1-3-15(18)13-19-26-20(27-29-19)14-9-11-23-12-10-14/h1-12H,13H2,(H2,24,25,28). The van der Waals surface area contributed by atoms with E-state index < -0.39 is 6.03 Å². The lowest BCUT2D eigenvalue weighted by molar-refractivity contribution is 0.262. The number of carbonyl (C=O) groups excluding carboxylic acids is 1. The van der Waals surface area contributed by atoms with Crippen molar-refractivity contribution in [3.8, 4) is 11.4 Å². The normalized spacial score (nSPS) is 10.5. The van der Waals surface area contributed by atoms with E-state index in [0.717, 1.165) is 11.1 Å². The molecule has 0 atom stereocenters. The number of carbonyl (C=O) groups is 1. The number of hydrogen-bond donors (Lipinski definition) is 2. The van der Waals surface area contributed by atoms with Crippen LogP contribution in [0.2, 0.25) is 0 Å². The molecule has 0 radical (unpaired) electrons. The summed E-state index contributed by atoms with van der Waals surface area (Å²) in [6.45, 7) is 0. The van der Waals surface area contributed by atoms with Crippen molar-refractivity contribution in [2.45, 2.75) is 6.42 Å². The molecule has 0 aliphatic rings. The third-order valence-corrected chi connectivity index (χ3v) is 4.12. The fourth-order valence-electron chi connectivity index (χ4n) is 2.72. The first-order chi connectivity index (χ1) is 14.2. The minimum absolute atomic E-state index is 0.352. The van der Waals surface area contributed by atoms with Crippen LogP contribution in [0, 0.1) is 5.82 Å². The van der Waals surface area contributed by atoms with Gasteiger partial charge in [0.1, 0.15) is 5.82 Å². The molecule has 0 fully saturated rings. The summed E-state index contributed by atoms with van der Waals surface area (Å²) >= 11 is 0. The Morgan fingerprint density at radius 1 is 0.966 bits per heavy atom. The van der Waals surface area contributed by atoms with Crippen LogP contribution in [-0.2, 0) is 6.42 Å². The Labute approximate surface area is 165 Å². The molecule has 2 heterocycles. The largest absolute Gasteiger partial charge is 0.339 e. The van der Waals surface area contributed by atoms with Crippen LogP contribution in [-0.4, -0.2) is 21.2 Å². The molecule has 0 bridgehead atoms. The van der Waals surface area contributed by atoms with Crippen LogP contribution in [0.25, 0.3) is 11.4 Å². The molecule has 7 nitrogen and oxygen atoms in total. The molecular formula is C21H16FN5O2. The zero-order valence-corrected chi connectivity index (χ0v) is 15.2. The van der Waals surface area contributed by atoms with Crippen LogP contribution < -0.4 is 10.6 Å². The maximum absolute atomic E-state index is 13.0. The number of pyridine rings is 1. The van der Waals surface area contributed by atoms with Crippen molar-refractivity contribution in [3.63, 3.8) is 0 Å². The quantitative estimate of drug-likeness (QED) is 0.524. The number of nitrogens with one attached hydrogen (secondary N) is 2. The van der Waals surface area contributed by atoms with Gasteiger partial charge in [-0.2, -0.15) is 4.98 Å². The second-order valence-electron chi connectivity index (χ2n) is 6.17. The Morgan fingerprint density at radius 2 is 1.72 bits per heavy atom. The van der Waals surface area contributed by atoms with Gasteiger partial charge in [-0.05, 0) is 48.0 Å². The number of anilines is 2. The number of benzene rings is 2. The van der Waals surface area contributed by atoms with E-state index in [9.17, 15) is 9.18 Å². The summed E-state index contributed by atoms with van der Waals surface area (Å²) in [7, 11) is 0. The molecule has 0 saturated heterocycles. The first-order valence-electron chi connectivity index (χ1n) is 8.82. The Kier molecular flexibility index (Phi) is 5.24. The SMILES string of the molecule is O=C(Nc1ccc(F)cc1)Nc1ccccc1Cc1nc(-c2ccncc2)no1. The summed E-state index contributed by atoms with van der Waals surface area (Å²) in [4.78, 5) is 20.7. The molecular weight excluding hydrogens is 373 g/mol. The summed E-state index contributed by atoms with van der Waals surface area (Å²) in [6, 6.07) is 16.0. The van der Waals surface area contributed by atoms with E-state index in [1.807, 2.05) is 18.2 Å². The van der Waals surface area contributed by atoms with Gasteiger partial charge in [-0.15, -0.1) is 0 Å². The van der Waals surface area contributed by atoms with Gasteiger partial charge in [0.2, 0.25) is 11.7 Å². The summed E-state index contributed by atoms with van der Waals surface area (Å²) < 4.78 is 18.3. The Morgan fingerprint density at radius 3 is 2.52 bits per heavy atom. The van der Waals surface area contributed by atoms with E-state index in [4.69, 9.17) is 4.52 Å². The molecule has 4 aromatic rings. The molecule has 8 heteroatoms. The number of aromatic nitrogens is 3. The number of nitrogens with zero attached hydrogens (tertiary/aromatic N) is 3. The summed E-state index contributed by atoms with van der Waals surface area (Å²) in [5.74, 6) is 0.527. The molecule has 29 heavy (non-hydrogen) atoms. The minimum atomic E-state index is -0.438. The number of amides is 2. The lowest BCUT2D eigenvalue weighted by Gasteiger charge is -2.11. The van der Waals surface area contributed by atoms with Gasteiger partial charge in [0.15, 0.2) is 0 Å². The highest BCUT2D eigenvalue weighted by atomic mass is 19.1. The molecule has 4 rings (SSSR count). The second kappa shape index (κ2) is 8.30. The first-order valence-corrected chi connectivity index (χ1v) is 8.82. The van der Waals surface area contributed by atoms with Crippen molar-refractivity contribution in [1.82, 2.24) is 15.1 Å². The highest BCUT2D eigenvalue weighted by Crippen LogP contribution is 2.21. The monoisotopic (exact) mass is 389 g/mol. The van der Waals surface area contributed by atoms with E-state index in [1.165, 1.54) is 24.3 Å². The highest BCUT2D eigenvalue weighted by molar-refractivity contribution is 6.00. The van der Waals surface area contributed by atoms with Crippen molar-refractivity contribution in [2.75, 3.05) is 10.6 Å². The van der Waals surface area contributed by atoms with Crippen molar-refractivity contribution in [3.05, 3.63) is 90.3 Å². The number of halogens is 1. The van der Waals surface area contributed by atoms with Crippen molar-refractivity contribution >= 4 is 17.4 Å². The molecule has 2 amide bonds. The molecule has 0 spiro atoms. The van der Waals surface area contributed by atoms with Gasteiger partial charge < -0.3 is 15.2 Å². The van der Waals surface area contributed by atoms with Crippen LogP contribution in [0.15, 0.2) is 77.6 Å². The molecule has 2 N–H and O–H groups in total. The van der Waals surface area contributed by atoms with Crippen molar-refractivity contribution in [1.29, 1.82) is 0 Å². The van der Waals surface area contributed by atoms with Crippen molar-refractivity contribution < 1.29 is 13.7 Å². The Balaban J connectivity index is 1.46. The first kappa shape index (κ1) is 18.3. The fraction of sp³-hybridized carbons (Fsp3) is 0.0476. The molecule has 2 aromatic carbocycles. The maximum atomic E-state index is 13.0. The zero-order chi connectivity index (χ0) is 20.1. The van der Waals surface area contributed by atoms with Crippen LogP contribution in [0.1, 0.15) is 11.5 Å². The molecule has 0 saturated carbocycles. The lowest BCUT2D eigenvalue weighted by atomic mass is 10.1. The van der Waals surface area contributed by atoms with Crippen LogP contribution in [0.4, 0.5) is 20.6 Å². The number of rotatable bonds is 5. The zero-order valence-electron chi connectivity index (χ0n) is 15.2. The average Bonchev–Trinajstić information content (AvgIpc) is 3.20. The number of para-hydroxylation sites is 1. The van der Waals surface area contributed by atoms with Crippen LogP contribution in [0.5, 0.6) is 0 Å². The second-order valence-corrected chi connectivity index (χ2v) is 6.17. The van der Waals surface area contributed by atoms with Crippen LogP contribution in [0.3, 0.4) is 0 Å². The minimum Gasteiger partial charge on any atom is -0.339 e. The third-order valence-electron chi connectivity index (χ3n) is 4.12. The topological polar surface area (TPSA) is 92.9 Å². The Bertz CT molecular complexity index is 1110. The smallest absolute Gasteiger partial charge is 0.323 e. The molecule has 144 valence electrons. The van der Waals surface area contributed by atoms with Gasteiger partial charge >= 0.3 is 6.03 Å². The van der Waals surface area contributed by atoms with Gasteiger partial charge in [-0.3, -0.25) is 4.98 Å². The fourth-order valence-corrected chi connectivity index (χ4v) is 2.72. The predicted octanol–water partition coefficient (Wildman–Crippen LogP) is 4.51. The van der Waals surface area contributed by atoms with Gasteiger partial charge in [0, 0.05) is 29.3 Å². The average molecular weight is 389 g/mol. The van der Waals surface area contributed by atoms with E-state index in [0.29, 0.717) is 29.5 Å². The van der Waals surface area contributed by atoms with Gasteiger partial charge in [-0.25, -0.2) is 9.18 Å². The molecule has 0 aliphatic carbocycles. The predicted molar refractivity (Wildman–Crippen MR) is 106 cm³/mol. The van der Waals surface area contributed by atoms with Gasteiger partial charge in [-0.1, -0.05) is 23.4 Å². The summed E-state index contributed by atoms with van der Waals surface area (Å²) in [6.07, 6.45) is 3.67.